The fourth-order valence-electron chi connectivity index (χ4n) is 3.08. The normalized spacial score (nSPS) is 22.4. The average Bonchev–Trinajstić information content (AvgIpc) is 2.82. The molecule has 2 saturated heterocycles. The molecule has 7 heteroatoms. The van der Waals surface area contributed by atoms with Gasteiger partial charge in [0.1, 0.15) is 6.17 Å². The predicted octanol–water partition coefficient (Wildman–Crippen LogP) is -0.582. The third-order valence-electron chi connectivity index (χ3n) is 4.27. The van der Waals surface area contributed by atoms with Crippen molar-refractivity contribution in [3.63, 3.8) is 0 Å². The molecule has 2 fully saturated rings. The number of carbonyl (C=O) groups is 3. The van der Waals surface area contributed by atoms with E-state index in [0.29, 0.717) is 13.1 Å². The number of nitrogens with one attached hydrogen (secondary N) is 1. The Hall–Kier alpha value is -2.41. The summed E-state index contributed by atoms with van der Waals surface area (Å²) in [5.74, 6) is -0.272. The Morgan fingerprint density at radius 2 is 1.96 bits per heavy atom. The van der Waals surface area contributed by atoms with Crippen LogP contribution in [0.15, 0.2) is 30.3 Å². The lowest BCUT2D eigenvalue weighted by Gasteiger charge is -2.31. The van der Waals surface area contributed by atoms with Crippen LogP contribution in [0, 0.1) is 0 Å². The van der Waals surface area contributed by atoms with Gasteiger partial charge in [0, 0.05) is 20.1 Å². The van der Waals surface area contributed by atoms with Crippen LogP contribution in [-0.2, 0) is 14.4 Å². The fraction of sp³-hybridized carbons (Fsp3) is 0.438. The van der Waals surface area contributed by atoms with E-state index in [9.17, 15) is 14.4 Å². The predicted molar refractivity (Wildman–Crippen MR) is 83.1 cm³/mol. The second-order valence-corrected chi connectivity index (χ2v) is 5.86. The summed E-state index contributed by atoms with van der Waals surface area (Å²) < 4.78 is 0. The van der Waals surface area contributed by atoms with Crippen LogP contribution in [0.25, 0.3) is 0 Å². The summed E-state index contributed by atoms with van der Waals surface area (Å²) in [5, 5.41) is 2.70. The van der Waals surface area contributed by atoms with Crippen LogP contribution in [0.2, 0.25) is 0 Å². The van der Waals surface area contributed by atoms with E-state index >= 15 is 0 Å². The Bertz CT molecular complexity index is 619. The SMILES string of the molecule is CN1C(=O)CN(CC(=O)N2CCNC(=O)C2)[C@H]1c1ccccc1. The highest BCUT2D eigenvalue weighted by atomic mass is 16.2. The van der Waals surface area contributed by atoms with Crippen molar-refractivity contribution >= 4 is 17.7 Å². The summed E-state index contributed by atoms with van der Waals surface area (Å²) in [7, 11) is 1.75. The first kappa shape index (κ1) is 15.5. The van der Waals surface area contributed by atoms with E-state index in [2.05, 4.69) is 5.32 Å². The Balaban J connectivity index is 1.74. The minimum absolute atomic E-state index is 0.0111. The second kappa shape index (κ2) is 6.37. The number of nitrogens with zero attached hydrogens (tertiary/aromatic N) is 3. The molecule has 0 aliphatic carbocycles. The van der Waals surface area contributed by atoms with Crippen LogP contribution < -0.4 is 5.32 Å². The highest BCUT2D eigenvalue weighted by Gasteiger charge is 2.38. The van der Waals surface area contributed by atoms with Gasteiger partial charge in [-0.25, -0.2) is 0 Å². The van der Waals surface area contributed by atoms with Gasteiger partial charge in [-0.05, 0) is 5.56 Å². The zero-order chi connectivity index (χ0) is 16.4. The topological polar surface area (TPSA) is 73.0 Å². The molecule has 1 aromatic carbocycles. The van der Waals surface area contributed by atoms with Crippen LogP contribution in [0.4, 0.5) is 0 Å². The molecule has 2 aliphatic heterocycles. The average molecular weight is 316 g/mol. The first-order valence-corrected chi connectivity index (χ1v) is 7.65. The van der Waals surface area contributed by atoms with Crippen molar-refractivity contribution in [2.75, 3.05) is 39.8 Å². The van der Waals surface area contributed by atoms with Gasteiger partial charge in [0.05, 0.1) is 19.6 Å². The van der Waals surface area contributed by atoms with Crippen LogP contribution in [0.3, 0.4) is 0 Å². The summed E-state index contributed by atoms with van der Waals surface area (Å²) >= 11 is 0. The van der Waals surface area contributed by atoms with E-state index in [1.165, 1.54) is 0 Å². The van der Waals surface area contributed by atoms with Gasteiger partial charge in [-0.2, -0.15) is 0 Å². The highest BCUT2D eigenvalue weighted by molar-refractivity contribution is 5.88. The summed E-state index contributed by atoms with van der Waals surface area (Å²) in [5.41, 5.74) is 0.977. The zero-order valence-electron chi connectivity index (χ0n) is 13.1. The molecule has 7 nitrogen and oxygen atoms in total. The third-order valence-corrected chi connectivity index (χ3v) is 4.27. The molecule has 1 atom stereocenters. The molecular weight excluding hydrogens is 296 g/mol. The molecule has 3 rings (SSSR count). The monoisotopic (exact) mass is 316 g/mol. The smallest absolute Gasteiger partial charge is 0.239 e. The maximum atomic E-state index is 12.5. The molecule has 0 radical (unpaired) electrons. The number of piperazine rings is 1. The van der Waals surface area contributed by atoms with E-state index in [4.69, 9.17) is 0 Å². The molecule has 0 saturated carbocycles. The van der Waals surface area contributed by atoms with Crippen molar-refractivity contribution in [1.29, 1.82) is 0 Å². The largest absolute Gasteiger partial charge is 0.353 e. The molecule has 0 unspecified atom stereocenters. The summed E-state index contributed by atoms with van der Waals surface area (Å²) in [4.78, 5) is 41.0. The third kappa shape index (κ3) is 3.19. The van der Waals surface area contributed by atoms with Gasteiger partial charge in [0.25, 0.3) is 0 Å². The Morgan fingerprint density at radius 3 is 2.65 bits per heavy atom. The minimum atomic E-state index is -0.244. The van der Waals surface area contributed by atoms with Crippen LogP contribution in [0.1, 0.15) is 11.7 Å². The number of benzene rings is 1. The quantitative estimate of drug-likeness (QED) is 0.810. The van der Waals surface area contributed by atoms with Crippen LogP contribution >= 0.6 is 0 Å². The molecule has 23 heavy (non-hydrogen) atoms. The number of hydrogen-bond donors (Lipinski definition) is 1. The number of hydrogen-bond acceptors (Lipinski definition) is 4. The Kier molecular flexibility index (Phi) is 4.29. The molecular formula is C16H20N4O3. The first-order chi connectivity index (χ1) is 11.1. The zero-order valence-corrected chi connectivity index (χ0v) is 13.1. The second-order valence-electron chi connectivity index (χ2n) is 5.86. The Morgan fingerprint density at radius 1 is 1.22 bits per heavy atom. The van der Waals surface area contributed by atoms with E-state index in [1.807, 2.05) is 35.2 Å². The van der Waals surface area contributed by atoms with Crippen molar-refractivity contribution < 1.29 is 14.4 Å². The van der Waals surface area contributed by atoms with Crippen molar-refractivity contribution in [1.82, 2.24) is 20.0 Å². The van der Waals surface area contributed by atoms with Crippen molar-refractivity contribution in [3.05, 3.63) is 35.9 Å². The van der Waals surface area contributed by atoms with Gasteiger partial charge in [0.2, 0.25) is 17.7 Å². The lowest BCUT2D eigenvalue weighted by atomic mass is 10.1. The lowest BCUT2D eigenvalue weighted by molar-refractivity contribution is -0.139. The van der Waals surface area contributed by atoms with Gasteiger partial charge in [-0.1, -0.05) is 30.3 Å². The van der Waals surface area contributed by atoms with Gasteiger partial charge in [-0.15, -0.1) is 0 Å². The standard InChI is InChI=1S/C16H20N4O3/c1-18-14(22)10-20(16(18)12-5-3-2-4-6-12)11-15(23)19-8-7-17-13(21)9-19/h2-6,16H,7-11H2,1H3,(H,17,21)/t16-/m0/s1. The van der Waals surface area contributed by atoms with Gasteiger partial charge >= 0.3 is 0 Å². The summed E-state index contributed by atoms with van der Waals surface area (Å²) in [6.45, 7) is 1.42. The van der Waals surface area contributed by atoms with E-state index in [-0.39, 0.29) is 43.5 Å². The number of likely N-dealkylation sites (N-methyl/N-ethyl adjacent to an activating group) is 1. The first-order valence-electron chi connectivity index (χ1n) is 7.65. The number of amides is 3. The van der Waals surface area contributed by atoms with Crippen molar-refractivity contribution in [2.24, 2.45) is 0 Å². The molecule has 3 amide bonds. The molecule has 0 aromatic heterocycles. The van der Waals surface area contributed by atoms with Crippen LogP contribution in [-0.4, -0.2) is 72.2 Å². The molecule has 1 N–H and O–H groups in total. The lowest BCUT2D eigenvalue weighted by Crippen LogP contribution is -2.52. The molecule has 0 spiro atoms. The van der Waals surface area contributed by atoms with Gasteiger partial charge in [-0.3, -0.25) is 19.3 Å². The molecule has 122 valence electrons. The maximum Gasteiger partial charge on any atom is 0.239 e. The fourth-order valence-corrected chi connectivity index (χ4v) is 3.08. The van der Waals surface area contributed by atoms with Crippen molar-refractivity contribution in [2.45, 2.75) is 6.17 Å². The van der Waals surface area contributed by atoms with E-state index in [0.717, 1.165) is 5.56 Å². The minimum Gasteiger partial charge on any atom is -0.353 e. The van der Waals surface area contributed by atoms with Gasteiger partial charge < -0.3 is 15.1 Å². The molecule has 2 aliphatic rings. The van der Waals surface area contributed by atoms with Crippen molar-refractivity contribution in [3.8, 4) is 0 Å². The molecule has 0 bridgehead atoms. The molecule has 2 heterocycles. The van der Waals surface area contributed by atoms with E-state index < -0.39 is 0 Å². The summed E-state index contributed by atoms with van der Waals surface area (Å²) in [6, 6.07) is 9.65. The molecule has 1 aromatic rings. The van der Waals surface area contributed by atoms with Gasteiger partial charge in [0.15, 0.2) is 0 Å². The maximum absolute atomic E-state index is 12.5. The number of rotatable bonds is 3. The summed E-state index contributed by atoms with van der Waals surface area (Å²) in [6.07, 6.45) is -0.244. The number of carbonyl (C=O) groups excluding carboxylic acids is 3. The van der Waals surface area contributed by atoms with E-state index in [1.54, 1.807) is 16.8 Å². The Labute approximate surface area is 134 Å². The highest BCUT2D eigenvalue weighted by Crippen LogP contribution is 2.29. The van der Waals surface area contributed by atoms with Crippen LogP contribution in [0.5, 0.6) is 0 Å².